The lowest BCUT2D eigenvalue weighted by molar-refractivity contribution is -0.170. The summed E-state index contributed by atoms with van der Waals surface area (Å²) in [6, 6.07) is 29.4. The molecule has 0 heterocycles. The molecule has 0 atom stereocenters. The van der Waals surface area contributed by atoms with E-state index in [1.54, 1.807) is 6.92 Å². The molecule has 0 saturated carbocycles. The van der Waals surface area contributed by atoms with Gasteiger partial charge in [0, 0.05) is 22.3 Å². The van der Waals surface area contributed by atoms with Crippen LogP contribution in [0.1, 0.15) is 36.5 Å². The summed E-state index contributed by atoms with van der Waals surface area (Å²) in [5.41, 5.74) is -0.726. The zero-order valence-electron chi connectivity index (χ0n) is 20.6. The second kappa shape index (κ2) is 13.0. The molecule has 198 valence electrons. The maximum Gasteiger partial charge on any atom is 0.336 e. The molecular weight excluding hydrogens is 492 g/mol. The third-order valence-electron chi connectivity index (χ3n) is 5.42. The number of carbonyl (C=O) groups is 4. The van der Waals surface area contributed by atoms with Gasteiger partial charge in [0.25, 0.3) is 0 Å². The van der Waals surface area contributed by atoms with Crippen LogP contribution in [0.15, 0.2) is 103 Å². The monoisotopic (exact) mass is 520 g/mol. The number of aliphatic hydroxyl groups is 1. The first-order valence-corrected chi connectivity index (χ1v) is 11.4. The molecule has 0 saturated heterocycles. The number of esters is 1. The van der Waals surface area contributed by atoms with Gasteiger partial charge in [-0.2, -0.15) is 0 Å². The molecule has 9 nitrogen and oxygen atoms in total. The SMILES string of the molecule is C=C(C)C(=O)OC(c1ccccc1)(c1ccccc1)c1ccccc1.O=C(O)CC(O)(CC(=O)O)C(=O)O. The Morgan fingerprint density at radius 1 is 0.684 bits per heavy atom. The number of aliphatic carboxylic acids is 3. The van der Waals surface area contributed by atoms with E-state index in [1.807, 2.05) is 91.0 Å². The number of carboxylic acid groups (broad SMARTS) is 3. The molecule has 4 N–H and O–H groups in total. The Bertz CT molecular complexity index is 1160. The fraction of sp³-hybridized carbons (Fsp3) is 0.172. The molecule has 38 heavy (non-hydrogen) atoms. The van der Waals surface area contributed by atoms with Crippen molar-refractivity contribution in [2.75, 3.05) is 0 Å². The molecule has 0 amide bonds. The second-order valence-corrected chi connectivity index (χ2v) is 8.43. The van der Waals surface area contributed by atoms with Crippen LogP contribution in [0.2, 0.25) is 0 Å². The molecule has 3 aromatic carbocycles. The van der Waals surface area contributed by atoms with Gasteiger partial charge in [0.05, 0.1) is 12.8 Å². The zero-order valence-corrected chi connectivity index (χ0v) is 20.6. The minimum Gasteiger partial charge on any atom is -0.481 e. The van der Waals surface area contributed by atoms with Gasteiger partial charge in [0.15, 0.2) is 11.2 Å². The van der Waals surface area contributed by atoms with Crippen LogP contribution in [-0.2, 0) is 29.5 Å². The van der Waals surface area contributed by atoms with Crippen molar-refractivity contribution < 1.29 is 44.3 Å². The standard InChI is InChI=1S/C23H20O2.C6H8O7/c1-18(2)22(24)25-23(19-12-6-3-7-13-19,20-14-8-4-9-15-20)21-16-10-5-11-17-21;7-3(8)1-6(13,5(11)12)2-4(9)10/h3-17H,1H2,2H3;13H,1-2H2,(H,7,8)(H,9,10)(H,11,12). The van der Waals surface area contributed by atoms with Gasteiger partial charge in [0.2, 0.25) is 0 Å². The van der Waals surface area contributed by atoms with Gasteiger partial charge in [-0.25, -0.2) is 9.59 Å². The van der Waals surface area contributed by atoms with Crippen molar-refractivity contribution in [2.24, 2.45) is 0 Å². The maximum absolute atomic E-state index is 12.6. The average Bonchev–Trinajstić information content (AvgIpc) is 2.88. The molecule has 3 rings (SSSR count). The number of hydrogen-bond donors (Lipinski definition) is 4. The quantitative estimate of drug-likeness (QED) is 0.177. The highest BCUT2D eigenvalue weighted by Gasteiger charge is 2.41. The van der Waals surface area contributed by atoms with Gasteiger partial charge >= 0.3 is 23.9 Å². The number of benzene rings is 3. The third kappa shape index (κ3) is 7.37. The molecule has 3 aromatic rings. The fourth-order valence-electron chi connectivity index (χ4n) is 3.64. The van der Waals surface area contributed by atoms with Gasteiger partial charge in [-0.15, -0.1) is 0 Å². The number of carboxylic acids is 3. The second-order valence-electron chi connectivity index (χ2n) is 8.43. The minimum atomic E-state index is -2.74. The first kappa shape index (κ1) is 29.5. The Labute approximate surface area is 219 Å². The lowest BCUT2D eigenvalue weighted by Gasteiger charge is -2.35. The van der Waals surface area contributed by atoms with Crippen LogP contribution < -0.4 is 0 Å². The lowest BCUT2D eigenvalue weighted by Crippen LogP contribution is -2.42. The van der Waals surface area contributed by atoms with E-state index < -0.39 is 47.9 Å². The lowest BCUT2D eigenvalue weighted by atomic mass is 9.80. The molecule has 0 radical (unpaired) electrons. The summed E-state index contributed by atoms with van der Waals surface area (Å²) in [5, 5.41) is 33.8. The number of ether oxygens (including phenoxy) is 1. The summed E-state index contributed by atoms with van der Waals surface area (Å²) in [7, 11) is 0. The minimum absolute atomic E-state index is 0.368. The highest BCUT2D eigenvalue weighted by Crippen LogP contribution is 2.40. The van der Waals surface area contributed by atoms with E-state index in [0.717, 1.165) is 16.7 Å². The Morgan fingerprint density at radius 3 is 1.24 bits per heavy atom. The van der Waals surface area contributed by atoms with Gasteiger partial charge in [-0.1, -0.05) is 97.6 Å². The van der Waals surface area contributed by atoms with Crippen LogP contribution in [0.5, 0.6) is 0 Å². The van der Waals surface area contributed by atoms with Crippen LogP contribution in [0, 0.1) is 0 Å². The van der Waals surface area contributed by atoms with E-state index >= 15 is 0 Å². The summed E-state index contributed by atoms with van der Waals surface area (Å²) in [5.74, 6) is -5.44. The Hall–Kier alpha value is -4.76. The number of rotatable bonds is 10. The number of hydrogen-bond acceptors (Lipinski definition) is 6. The van der Waals surface area contributed by atoms with Crippen LogP contribution in [-0.4, -0.2) is 49.9 Å². The fourth-order valence-corrected chi connectivity index (χ4v) is 3.64. The highest BCUT2D eigenvalue weighted by molar-refractivity contribution is 5.88. The normalized spacial score (nSPS) is 10.9. The van der Waals surface area contributed by atoms with E-state index in [1.165, 1.54) is 0 Å². The van der Waals surface area contributed by atoms with Gasteiger partial charge in [-0.3, -0.25) is 9.59 Å². The van der Waals surface area contributed by atoms with Crippen LogP contribution in [0.25, 0.3) is 0 Å². The first-order chi connectivity index (χ1) is 17.9. The van der Waals surface area contributed by atoms with Crippen molar-refractivity contribution in [3.8, 4) is 0 Å². The van der Waals surface area contributed by atoms with Crippen molar-refractivity contribution >= 4 is 23.9 Å². The molecule has 9 heteroatoms. The van der Waals surface area contributed by atoms with Crippen molar-refractivity contribution in [2.45, 2.75) is 31.0 Å². The summed E-state index contributed by atoms with van der Waals surface area (Å²) >= 11 is 0. The predicted octanol–water partition coefficient (Wildman–Crippen LogP) is 3.85. The van der Waals surface area contributed by atoms with Crippen molar-refractivity contribution in [1.82, 2.24) is 0 Å². The van der Waals surface area contributed by atoms with Crippen LogP contribution in [0.4, 0.5) is 0 Å². The topological polar surface area (TPSA) is 158 Å². The molecule has 0 aliphatic rings. The van der Waals surface area contributed by atoms with Crippen molar-refractivity contribution in [3.63, 3.8) is 0 Å². The molecule has 0 aromatic heterocycles. The molecule has 0 fully saturated rings. The summed E-state index contributed by atoms with van der Waals surface area (Å²) in [6.45, 7) is 5.41. The van der Waals surface area contributed by atoms with Gasteiger partial charge in [-0.05, 0) is 6.92 Å². The molecular formula is C29H28O9. The Morgan fingerprint density at radius 2 is 1.00 bits per heavy atom. The van der Waals surface area contributed by atoms with E-state index in [9.17, 15) is 19.2 Å². The van der Waals surface area contributed by atoms with Crippen molar-refractivity contribution in [3.05, 3.63) is 120 Å². The van der Waals surface area contributed by atoms with Crippen molar-refractivity contribution in [1.29, 1.82) is 0 Å². The zero-order chi connectivity index (χ0) is 28.3. The molecule has 0 spiro atoms. The highest BCUT2D eigenvalue weighted by atomic mass is 16.6. The van der Waals surface area contributed by atoms with E-state index in [0.29, 0.717) is 5.57 Å². The van der Waals surface area contributed by atoms with E-state index in [4.69, 9.17) is 25.2 Å². The largest absolute Gasteiger partial charge is 0.481 e. The van der Waals surface area contributed by atoms with Crippen LogP contribution >= 0.6 is 0 Å². The van der Waals surface area contributed by atoms with E-state index in [2.05, 4.69) is 6.58 Å². The van der Waals surface area contributed by atoms with Gasteiger partial charge in [0.1, 0.15) is 0 Å². The summed E-state index contributed by atoms with van der Waals surface area (Å²) in [4.78, 5) is 43.0. The smallest absolute Gasteiger partial charge is 0.336 e. The van der Waals surface area contributed by atoms with Crippen LogP contribution in [0.3, 0.4) is 0 Å². The maximum atomic E-state index is 12.6. The molecule has 0 unspecified atom stereocenters. The number of carbonyl (C=O) groups excluding carboxylic acids is 1. The Kier molecular flexibility index (Phi) is 10.1. The Balaban J connectivity index is 0.000000332. The molecule has 0 bridgehead atoms. The summed E-state index contributed by atoms with van der Waals surface area (Å²) < 4.78 is 6.12. The first-order valence-electron chi connectivity index (χ1n) is 11.4. The summed E-state index contributed by atoms with van der Waals surface area (Å²) in [6.07, 6.45) is -2.29. The molecule has 0 aliphatic carbocycles. The predicted molar refractivity (Wildman–Crippen MR) is 137 cm³/mol. The average molecular weight is 521 g/mol. The third-order valence-corrected chi connectivity index (χ3v) is 5.42. The van der Waals surface area contributed by atoms with E-state index in [-0.39, 0.29) is 0 Å². The van der Waals surface area contributed by atoms with Gasteiger partial charge < -0.3 is 25.2 Å². The molecule has 0 aliphatic heterocycles.